The lowest BCUT2D eigenvalue weighted by Gasteiger charge is -2.36. The van der Waals surface area contributed by atoms with Crippen molar-refractivity contribution >= 4 is 11.8 Å². The van der Waals surface area contributed by atoms with E-state index < -0.39 is 0 Å². The molecule has 3 heterocycles. The molecule has 3 atom stereocenters. The van der Waals surface area contributed by atoms with Crippen LogP contribution in [-0.4, -0.2) is 53.5 Å². The largest absolute Gasteiger partial charge is 0.381 e. The average molecular weight is 370 g/mol. The molecule has 0 saturated carbocycles. The third kappa shape index (κ3) is 3.62. The number of nitrogens with zero attached hydrogens (tertiary/aromatic N) is 2. The highest BCUT2D eigenvalue weighted by atomic mass is 16.5. The first kappa shape index (κ1) is 18.5. The number of hydrogen-bond acceptors (Lipinski definition) is 3. The maximum absolute atomic E-state index is 13.3. The Hall–Kier alpha value is -1.88. The molecule has 0 bridgehead atoms. The number of rotatable bonds is 2. The molecule has 2 amide bonds. The summed E-state index contributed by atoms with van der Waals surface area (Å²) in [7, 11) is 0. The molecule has 0 aromatic heterocycles. The van der Waals surface area contributed by atoms with Crippen LogP contribution < -0.4 is 0 Å². The van der Waals surface area contributed by atoms with E-state index in [0.717, 1.165) is 45.1 Å². The number of hydrogen-bond donors (Lipinski definition) is 0. The van der Waals surface area contributed by atoms with Crippen LogP contribution in [0.1, 0.15) is 57.1 Å². The van der Waals surface area contributed by atoms with Crippen LogP contribution in [0.15, 0.2) is 30.3 Å². The van der Waals surface area contributed by atoms with E-state index in [4.69, 9.17) is 4.74 Å². The van der Waals surface area contributed by atoms with Gasteiger partial charge in [-0.1, -0.05) is 30.3 Å². The third-order valence-corrected chi connectivity index (χ3v) is 6.55. The molecule has 1 aromatic carbocycles. The Bertz CT molecular complexity index is 671. The Morgan fingerprint density at radius 2 is 1.74 bits per heavy atom. The van der Waals surface area contributed by atoms with Gasteiger partial charge in [-0.2, -0.15) is 0 Å². The topological polar surface area (TPSA) is 49.9 Å². The van der Waals surface area contributed by atoms with E-state index in [1.165, 1.54) is 5.56 Å². The van der Waals surface area contributed by atoms with Gasteiger partial charge in [0.05, 0.1) is 18.1 Å². The SMILES string of the molecule is CC(=O)N1[C@H](c2ccccc2)C[C@@H]2[C@@H]1CCCCN2C(=O)C1CCOCC1. The summed E-state index contributed by atoms with van der Waals surface area (Å²) < 4.78 is 5.45. The smallest absolute Gasteiger partial charge is 0.226 e. The molecule has 4 rings (SSSR count). The minimum Gasteiger partial charge on any atom is -0.381 e. The minimum absolute atomic E-state index is 0.0711. The quantitative estimate of drug-likeness (QED) is 0.803. The van der Waals surface area contributed by atoms with E-state index in [-0.39, 0.29) is 35.9 Å². The molecular formula is C22H30N2O3. The van der Waals surface area contributed by atoms with Gasteiger partial charge in [-0.3, -0.25) is 9.59 Å². The second kappa shape index (κ2) is 8.01. The summed E-state index contributed by atoms with van der Waals surface area (Å²) in [6.07, 6.45) is 5.60. The van der Waals surface area contributed by atoms with Gasteiger partial charge in [0.15, 0.2) is 0 Å². The summed E-state index contributed by atoms with van der Waals surface area (Å²) in [6.45, 7) is 3.87. The fourth-order valence-corrected chi connectivity index (χ4v) is 5.26. The molecule has 146 valence electrons. The van der Waals surface area contributed by atoms with Crippen LogP contribution in [0.25, 0.3) is 0 Å². The van der Waals surface area contributed by atoms with Gasteiger partial charge >= 0.3 is 0 Å². The van der Waals surface area contributed by atoms with Crippen molar-refractivity contribution in [1.29, 1.82) is 0 Å². The highest BCUT2D eigenvalue weighted by molar-refractivity contribution is 5.80. The maximum Gasteiger partial charge on any atom is 0.226 e. The Morgan fingerprint density at radius 3 is 2.44 bits per heavy atom. The van der Waals surface area contributed by atoms with Crippen molar-refractivity contribution in [2.24, 2.45) is 5.92 Å². The molecule has 0 unspecified atom stereocenters. The van der Waals surface area contributed by atoms with E-state index in [1.807, 2.05) is 18.2 Å². The Kier molecular flexibility index (Phi) is 5.48. The Balaban J connectivity index is 1.62. The lowest BCUT2D eigenvalue weighted by Crippen LogP contribution is -2.50. The molecule has 0 spiro atoms. The van der Waals surface area contributed by atoms with Crippen molar-refractivity contribution in [1.82, 2.24) is 9.80 Å². The van der Waals surface area contributed by atoms with E-state index in [1.54, 1.807) is 6.92 Å². The van der Waals surface area contributed by atoms with Crippen molar-refractivity contribution < 1.29 is 14.3 Å². The minimum atomic E-state index is 0.0711. The van der Waals surface area contributed by atoms with Gasteiger partial charge in [0.1, 0.15) is 0 Å². The lowest BCUT2D eigenvalue weighted by molar-refractivity contribution is -0.142. The van der Waals surface area contributed by atoms with E-state index in [9.17, 15) is 9.59 Å². The highest BCUT2D eigenvalue weighted by Crippen LogP contribution is 2.42. The zero-order valence-corrected chi connectivity index (χ0v) is 16.2. The summed E-state index contributed by atoms with van der Waals surface area (Å²) in [6, 6.07) is 10.6. The molecule has 0 N–H and O–H groups in total. The van der Waals surface area contributed by atoms with Gasteiger partial charge in [-0.15, -0.1) is 0 Å². The predicted octanol–water partition coefficient (Wildman–Crippen LogP) is 3.16. The van der Waals surface area contributed by atoms with Crippen LogP contribution in [0, 0.1) is 5.92 Å². The highest BCUT2D eigenvalue weighted by Gasteiger charge is 2.48. The molecule has 1 aromatic rings. The van der Waals surface area contributed by atoms with Gasteiger partial charge < -0.3 is 14.5 Å². The molecule has 5 heteroatoms. The standard InChI is InChI=1S/C22H30N2O3/c1-16(25)24-19-9-5-6-12-23(22(26)18-10-13-27-14-11-18)21(19)15-20(24)17-7-3-2-4-8-17/h2-4,7-8,18-21H,5-6,9-15H2,1H3/t19-,20-,21+/m0/s1. The number of benzene rings is 1. The van der Waals surface area contributed by atoms with Crippen LogP contribution in [-0.2, 0) is 14.3 Å². The molecule has 5 nitrogen and oxygen atoms in total. The summed E-state index contributed by atoms with van der Waals surface area (Å²) in [5, 5.41) is 0. The van der Waals surface area contributed by atoms with Gasteiger partial charge in [0.25, 0.3) is 0 Å². The van der Waals surface area contributed by atoms with Crippen molar-refractivity contribution in [3.8, 4) is 0 Å². The molecule has 0 aliphatic carbocycles. The number of carbonyl (C=O) groups is 2. The monoisotopic (exact) mass is 370 g/mol. The summed E-state index contributed by atoms with van der Waals surface area (Å²) >= 11 is 0. The number of ether oxygens (including phenoxy) is 1. The zero-order valence-electron chi connectivity index (χ0n) is 16.2. The van der Waals surface area contributed by atoms with Crippen LogP contribution in [0.3, 0.4) is 0 Å². The normalized spacial score (nSPS) is 29.3. The zero-order chi connectivity index (χ0) is 18.8. The molecular weight excluding hydrogens is 340 g/mol. The van der Waals surface area contributed by atoms with Gasteiger partial charge in [0.2, 0.25) is 11.8 Å². The lowest BCUT2D eigenvalue weighted by atomic mass is 9.95. The number of amides is 2. The first-order valence-corrected chi connectivity index (χ1v) is 10.4. The molecule has 3 saturated heterocycles. The van der Waals surface area contributed by atoms with E-state index >= 15 is 0 Å². The first-order valence-electron chi connectivity index (χ1n) is 10.4. The predicted molar refractivity (Wildman–Crippen MR) is 103 cm³/mol. The van der Waals surface area contributed by atoms with Crippen molar-refractivity contribution in [3.05, 3.63) is 35.9 Å². The van der Waals surface area contributed by atoms with Crippen molar-refractivity contribution in [3.63, 3.8) is 0 Å². The van der Waals surface area contributed by atoms with E-state index in [0.29, 0.717) is 13.2 Å². The first-order chi connectivity index (χ1) is 13.2. The van der Waals surface area contributed by atoms with Gasteiger partial charge in [0, 0.05) is 32.6 Å². The summed E-state index contributed by atoms with van der Waals surface area (Å²) in [5.41, 5.74) is 1.18. The second-order valence-corrected chi connectivity index (χ2v) is 8.14. The van der Waals surface area contributed by atoms with Crippen LogP contribution >= 0.6 is 0 Å². The fourth-order valence-electron chi connectivity index (χ4n) is 5.26. The van der Waals surface area contributed by atoms with E-state index in [2.05, 4.69) is 21.9 Å². The molecule has 3 fully saturated rings. The van der Waals surface area contributed by atoms with Crippen molar-refractivity contribution in [2.75, 3.05) is 19.8 Å². The maximum atomic E-state index is 13.3. The summed E-state index contributed by atoms with van der Waals surface area (Å²) in [5.74, 6) is 0.489. The van der Waals surface area contributed by atoms with Crippen LogP contribution in [0.2, 0.25) is 0 Å². The third-order valence-electron chi connectivity index (χ3n) is 6.55. The molecule has 3 aliphatic rings. The van der Waals surface area contributed by atoms with Gasteiger partial charge in [-0.05, 0) is 44.1 Å². The summed E-state index contributed by atoms with van der Waals surface area (Å²) in [4.78, 5) is 30.1. The second-order valence-electron chi connectivity index (χ2n) is 8.14. The number of fused-ring (bicyclic) bond motifs is 1. The molecule has 3 aliphatic heterocycles. The van der Waals surface area contributed by atoms with Gasteiger partial charge in [-0.25, -0.2) is 0 Å². The molecule has 27 heavy (non-hydrogen) atoms. The molecule has 0 radical (unpaired) electrons. The fraction of sp³-hybridized carbons (Fsp3) is 0.636. The Labute approximate surface area is 161 Å². The van der Waals surface area contributed by atoms with Crippen molar-refractivity contribution in [2.45, 2.75) is 63.6 Å². The Morgan fingerprint density at radius 1 is 1.00 bits per heavy atom. The number of carbonyl (C=O) groups excluding carboxylic acids is 2. The van der Waals surface area contributed by atoms with Crippen LogP contribution in [0.4, 0.5) is 0 Å². The van der Waals surface area contributed by atoms with Crippen LogP contribution in [0.5, 0.6) is 0 Å². The average Bonchev–Trinajstić information content (AvgIpc) is 2.97. The number of likely N-dealkylation sites (tertiary alicyclic amines) is 2.